The van der Waals surface area contributed by atoms with Crippen LogP contribution in [0.4, 0.5) is 0 Å². The van der Waals surface area contributed by atoms with Gasteiger partial charge in [-0.05, 0) is 41.3 Å². The van der Waals surface area contributed by atoms with Crippen molar-refractivity contribution in [3.8, 4) is 5.75 Å². The van der Waals surface area contributed by atoms with Crippen molar-refractivity contribution in [3.05, 3.63) is 64.7 Å². The molecule has 0 saturated carbocycles. The third kappa shape index (κ3) is 5.44. The monoisotopic (exact) mass is 438 g/mol. The smallest absolute Gasteiger partial charge is 0.118 e. The molecule has 1 saturated heterocycles. The van der Waals surface area contributed by atoms with Crippen LogP contribution in [0.2, 0.25) is 5.02 Å². The molecule has 0 spiro atoms. The van der Waals surface area contributed by atoms with Crippen LogP contribution in [0.1, 0.15) is 30.9 Å². The highest BCUT2D eigenvalue weighted by Crippen LogP contribution is 2.44. The zero-order valence-corrected chi connectivity index (χ0v) is 18.8. The molecule has 1 N–H and O–H groups in total. The second-order valence-electron chi connectivity index (χ2n) is 7.73. The molecule has 0 aromatic heterocycles. The number of ether oxygens (including phenoxy) is 2. The number of benzene rings is 2. The second kappa shape index (κ2) is 10.6. The predicted molar refractivity (Wildman–Crippen MR) is 113 cm³/mol. The van der Waals surface area contributed by atoms with Crippen LogP contribution >= 0.6 is 11.6 Å². The lowest BCUT2D eigenvalue weighted by Crippen LogP contribution is -3.00. The van der Waals surface area contributed by atoms with Gasteiger partial charge in [-0.2, -0.15) is 0 Å². The molecule has 0 radical (unpaired) electrons. The Kier molecular flexibility index (Phi) is 8.80. The summed E-state index contributed by atoms with van der Waals surface area (Å²) in [5.74, 6) is 0.699. The summed E-state index contributed by atoms with van der Waals surface area (Å²) >= 11 is 6.13. The van der Waals surface area contributed by atoms with Gasteiger partial charge < -0.3 is 27.0 Å². The molecular formula is C23H30Cl2NO3-. The third-order valence-corrected chi connectivity index (χ3v) is 6.03. The minimum absolute atomic E-state index is 0. The van der Waals surface area contributed by atoms with E-state index in [0.29, 0.717) is 5.02 Å². The van der Waals surface area contributed by atoms with Crippen LogP contribution in [0.25, 0.3) is 0 Å². The summed E-state index contributed by atoms with van der Waals surface area (Å²) in [4.78, 5) is 2.37. The van der Waals surface area contributed by atoms with E-state index in [1.165, 1.54) is 0 Å². The Labute approximate surface area is 185 Å². The van der Waals surface area contributed by atoms with Crippen molar-refractivity contribution in [1.29, 1.82) is 0 Å². The highest BCUT2D eigenvalue weighted by Gasteiger charge is 2.43. The van der Waals surface area contributed by atoms with E-state index in [1.54, 1.807) is 7.11 Å². The third-order valence-electron chi connectivity index (χ3n) is 5.78. The maximum Gasteiger partial charge on any atom is 0.118 e. The van der Waals surface area contributed by atoms with Crippen LogP contribution < -0.4 is 17.1 Å². The van der Waals surface area contributed by atoms with Crippen LogP contribution in [0.5, 0.6) is 5.75 Å². The predicted octanol–water partition coefficient (Wildman–Crippen LogP) is 1.31. The Morgan fingerprint density at radius 3 is 2.17 bits per heavy atom. The first-order valence-corrected chi connectivity index (χ1v) is 10.3. The molecule has 1 aliphatic heterocycles. The molecule has 6 heteroatoms. The van der Waals surface area contributed by atoms with Gasteiger partial charge >= 0.3 is 0 Å². The molecule has 1 aliphatic rings. The van der Waals surface area contributed by atoms with Crippen molar-refractivity contribution >= 4 is 11.6 Å². The number of morpholine rings is 1. The van der Waals surface area contributed by atoms with Crippen LogP contribution in [0.3, 0.4) is 0 Å². The summed E-state index contributed by atoms with van der Waals surface area (Å²) in [6, 6.07) is 15.6. The highest BCUT2D eigenvalue weighted by atomic mass is 35.5. The molecule has 0 amide bonds. The lowest BCUT2D eigenvalue weighted by Gasteiger charge is -2.43. The van der Waals surface area contributed by atoms with Gasteiger partial charge in [0.05, 0.1) is 25.9 Å². The molecule has 3 rings (SSSR count). The minimum atomic E-state index is -1.03. The number of hydrogen-bond donors (Lipinski definition) is 1. The molecule has 0 aliphatic carbocycles. The molecular weight excluding hydrogens is 409 g/mol. The van der Waals surface area contributed by atoms with Crippen molar-refractivity contribution in [2.75, 3.05) is 40.0 Å². The maximum absolute atomic E-state index is 12.1. The van der Waals surface area contributed by atoms with Crippen LogP contribution in [-0.4, -0.2) is 50.0 Å². The average molecular weight is 439 g/mol. The summed E-state index contributed by atoms with van der Waals surface area (Å²) in [6.07, 6.45) is 0. The van der Waals surface area contributed by atoms with Crippen LogP contribution in [0.15, 0.2) is 48.5 Å². The van der Waals surface area contributed by atoms with Gasteiger partial charge in [0.1, 0.15) is 5.75 Å². The standard InChI is InChI=1S/C23H30ClNO3.ClH/c1-17(2)23(26,19-6-10-21(27-3)11-7-19)22(16-25-12-14-28-15-13-25)18-4-8-20(24)9-5-18;/h4-11,17,22,26H,12-16H2,1-3H3;1H/p-1. The van der Waals surface area contributed by atoms with E-state index in [1.807, 2.05) is 48.5 Å². The summed E-state index contributed by atoms with van der Waals surface area (Å²) < 4.78 is 10.8. The number of aliphatic hydroxyl groups is 1. The van der Waals surface area contributed by atoms with Gasteiger partial charge in [-0.3, -0.25) is 4.90 Å². The Hall–Kier alpha value is -1.30. The zero-order chi connectivity index (χ0) is 20.1. The summed E-state index contributed by atoms with van der Waals surface area (Å²) in [5.41, 5.74) is 0.956. The fourth-order valence-electron chi connectivity index (χ4n) is 4.03. The lowest BCUT2D eigenvalue weighted by atomic mass is 9.70. The zero-order valence-electron chi connectivity index (χ0n) is 17.3. The number of methoxy groups -OCH3 is 1. The lowest BCUT2D eigenvalue weighted by molar-refractivity contribution is -0.0547. The molecule has 2 aromatic carbocycles. The summed E-state index contributed by atoms with van der Waals surface area (Å²) in [5, 5.41) is 12.8. The number of hydrogen-bond acceptors (Lipinski definition) is 4. The molecule has 160 valence electrons. The van der Waals surface area contributed by atoms with Crippen LogP contribution in [-0.2, 0) is 10.3 Å². The Morgan fingerprint density at radius 2 is 1.66 bits per heavy atom. The second-order valence-corrected chi connectivity index (χ2v) is 8.16. The van der Waals surface area contributed by atoms with Gasteiger partial charge in [-0.1, -0.05) is 49.7 Å². The SMILES string of the molecule is COc1ccc(C(O)(C(C)C)C(CN2CCOCC2)c2ccc(Cl)cc2)cc1.[Cl-]. The van der Waals surface area contributed by atoms with Crippen molar-refractivity contribution in [2.24, 2.45) is 5.92 Å². The first kappa shape index (κ1) is 24.0. The van der Waals surface area contributed by atoms with Gasteiger partial charge in [-0.15, -0.1) is 0 Å². The van der Waals surface area contributed by atoms with E-state index in [4.69, 9.17) is 21.1 Å². The largest absolute Gasteiger partial charge is 1.00 e. The fraction of sp³-hybridized carbons (Fsp3) is 0.478. The summed E-state index contributed by atoms with van der Waals surface area (Å²) in [6.45, 7) is 8.12. The number of rotatable bonds is 7. The molecule has 1 heterocycles. The maximum atomic E-state index is 12.1. The van der Waals surface area contributed by atoms with Crippen molar-refractivity contribution in [3.63, 3.8) is 0 Å². The van der Waals surface area contributed by atoms with E-state index in [9.17, 15) is 5.11 Å². The molecule has 4 nitrogen and oxygen atoms in total. The first-order chi connectivity index (χ1) is 13.4. The minimum Gasteiger partial charge on any atom is -1.00 e. The topological polar surface area (TPSA) is 41.9 Å². The Morgan fingerprint density at radius 1 is 1.07 bits per heavy atom. The summed E-state index contributed by atoms with van der Waals surface area (Å²) in [7, 11) is 1.65. The van der Waals surface area contributed by atoms with E-state index >= 15 is 0 Å². The van der Waals surface area contributed by atoms with E-state index in [0.717, 1.165) is 49.7 Å². The number of nitrogens with zero attached hydrogens (tertiary/aromatic N) is 1. The van der Waals surface area contributed by atoms with Crippen molar-refractivity contribution < 1.29 is 27.0 Å². The van der Waals surface area contributed by atoms with E-state index < -0.39 is 5.60 Å². The van der Waals surface area contributed by atoms with Crippen molar-refractivity contribution in [2.45, 2.75) is 25.4 Å². The molecule has 2 unspecified atom stereocenters. The van der Waals surface area contributed by atoms with Gasteiger partial charge in [0, 0.05) is 30.6 Å². The molecule has 2 aromatic rings. The van der Waals surface area contributed by atoms with Gasteiger partial charge in [0.2, 0.25) is 0 Å². The Bertz CT molecular complexity index is 746. The van der Waals surface area contributed by atoms with Gasteiger partial charge in [0.25, 0.3) is 0 Å². The van der Waals surface area contributed by atoms with Gasteiger partial charge in [-0.25, -0.2) is 0 Å². The average Bonchev–Trinajstić information content (AvgIpc) is 2.73. The molecule has 29 heavy (non-hydrogen) atoms. The number of halogens is 2. The highest BCUT2D eigenvalue weighted by molar-refractivity contribution is 6.30. The fourth-order valence-corrected chi connectivity index (χ4v) is 4.16. The van der Waals surface area contributed by atoms with Gasteiger partial charge in [0.15, 0.2) is 0 Å². The normalized spacial score (nSPS) is 18.0. The quantitative estimate of drug-likeness (QED) is 0.707. The van der Waals surface area contributed by atoms with Crippen molar-refractivity contribution in [1.82, 2.24) is 4.90 Å². The Balaban J connectivity index is 0.00000300. The molecule has 2 atom stereocenters. The molecule has 1 fully saturated rings. The van der Waals surface area contributed by atoms with E-state index in [2.05, 4.69) is 18.7 Å². The van der Waals surface area contributed by atoms with E-state index in [-0.39, 0.29) is 24.2 Å². The van der Waals surface area contributed by atoms with Crippen LogP contribution in [0, 0.1) is 5.92 Å². The molecule has 0 bridgehead atoms. The first-order valence-electron chi connectivity index (χ1n) is 9.87.